The number of nitrogens with one attached hydrogen (secondary N) is 1. The van der Waals surface area contributed by atoms with Gasteiger partial charge < -0.3 is 0 Å². The van der Waals surface area contributed by atoms with Gasteiger partial charge in [-0.05, 0) is 37.5 Å². The van der Waals surface area contributed by atoms with Gasteiger partial charge in [-0.2, -0.15) is 0 Å². The molecule has 0 bridgehead atoms. The number of ketones is 1. The minimum atomic E-state index is -3.71. The molecule has 1 N–H and O–H groups in total. The zero-order chi connectivity index (χ0) is 18.8. The van der Waals surface area contributed by atoms with Crippen LogP contribution in [-0.2, 0) is 14.8 Å². The first-order valence-electron chi connectivity index (χ1n) is 10.4. The van der Waals surface area contributed by atoms with Gasteiger partial charge in [0.05, 0.1) is 0 Å². The third-order valence-corrected chi connectivity index (χ3v) is 7.89. The first-order valence-corrected chi connectivity index (χ1v) is 11.9. The molecule has 1 atom stereocenters. The largest absolute Gasteiger partial charge is 0.298 e. The second-order valence-corrected chi connectivity index (χ2v) is 11.1. The zero-order valence-electron chi connectivity index (χ0n) is 16.3. The van der Waals surface area contributed by atoms with Crippen LogP contribution in [0.15, 0.2) is 4.99 Å². The molecule has 3 rings (SSSR count). The molecule has 6 heteroatoms. The molecule has 0 saturated heterocycles. The van der Waals surface area contributed by atoms with Crippen LogP contribution in [0.25, 0.3) is 0 Å². The van der Waals surface area contributed by atoms with Crippen LogP contribution in [0.4, 0.5) is 0 Å². The summed E-state index contributed by atoms with van der Waals surface area (Å²) in [4.78, 5) is 17.7. The van der Waals surface area contributed by atoms with E-state index in [9.17, 15) is 13.2 Å². The molecule has 3 aliphatic carbocycles. The minimum Gasteiger partial charge on any atom is -0.298 e. The van der Waals surface area contributed by atoms with Crippen LogP contribution in [0.2, 0.25) is 0 Å². The van der Waals surface area contributed by atoms with Crippen LogP contribution in [0.3, 0.4) is 0 Å². The Bertz CT molecular complexity index is 642. The van der Waals surface area contributed by atoms with Crippen LogP contribution in [-0.4, -0.2) is 37.2 Å². The number of sulfonamides is 1. The van der Waals surface area contributed by atoms with Crippen LogP contribution in [0.1, 0.15) is 90.9 Å². The lowest BCUT2D eigenvalue weighted by Crippen LogP contribution is -2.53. The third-order valence-electron chi connectivity index (χ3n) is 6.08. The quantitative estimate of drug-likeness (QED) is 0.804. The van der Waals surface area contributed by atoms with E-state index in [1.807, 2.05) is 13.8 Å². The molecule has 1 unspecified atom stereocenters. The summed E-state index contributed by atoms with van der Waals surface area (Å²) in [6, 6.07) is 0.167. The second kappa shape index (κ2) is 8.09. The predicted octanol–water partition coefficient (Wildman–Crippen LogP) is 3.77. The van der Waals surface area contributed by atoms with Gasteiger partial charge in [0.15, 0.2) is 11.0 Å². The monoisotopic (exact) mass is 382 g/mol. The summed E-state index contributed by atoms with van der Waals surface area (Å²) < 4.78 is 29.1. The van der Waals surface area contributed by atoms with Crippen molar-refractivity contribution in [1.82, 2.24) is 4.72 Å². The topological polar surface area (TPSA) is 75.6 Å². The van der Waals surface area contributed by atoms with E-state index in [1.165, 1.54) is 12.8 Å². The number of Topliss-reactive ketones (excluding diaryl/α,β-unsaturated/α-hetero) is 1. The standard InChI is InChI=1S/C20H34N2O3S/c1-20(2)13-17(21-15-9-5-3-6-10-15)19(18(23)14-20)26(24,25)22-16-11-7-4-8-12-16/h15-16,19,22H,3-14H2,1-2H3. The van der Waals surface area contributed by atoms with E-state index in [4.69, 9.17) is 4.99 Å². The SMILES string of the molecule is CC1(C)CC(=O)C(S(=O)(=O)NC2CCCCC2)C(=NC2CCCCC2)C1. The Morgan fingerprint density at radius 2 is 1.50 bits per heavy atom. The Hall–Kier alpha value is -0.750. The van der Waals surface area contributed by atoms with Gasteiger partial charge in [0.2, 0.25) is 10.0 Å². The fourth-order valence-corrected chi connectivity index (χ4v) is 6.59. The molecule has 148 valence electrons. The summed E-state index contributed by atoms with van der Waals surface area (Å²) in [6.07, 6.45) is 11.5. The van der Waals surface area contributed by atoms with E-state index in [-0.39, 0.29) is 23.3 Å². The highest BCUT2D eigenvalue weighted by Crippen LogP contribution is 2.35. The van der Waals surface area contributed by atoms with E-state index >= 15 is 0 Å². The molecule has 0 aliphatic heterocycles. The molecule has 26 heavy (non-hydrogen) atoms. The van der Waals surface area contributed by atoms with Gasteiger partial charge in [-0.25, -0.2) is 13.1 Å². The Morgan fingerprint density at radius 3 is 2.12 bits per heavy atom. The third kappa shape index (κ3) is 4.94. The lowest BCUT2D eigenvalue weighted by Gasteiger charge is -2.36. The van der Waals surface area contributed by atoms with Crippen LogP contribution in [0.5, 0.6) is 0 Å². The predicted molar refractivity (Wildman–Crippen MR) is 105 cm³/mol. The second-order valence-electron chi connectivity index (χ2n) is 9.27. The summed E-state index contributed by atoms with van der Waals surface area (Å²) in [5, 5.41) is -1.07. The van der Waals surface area contributed by atoms with Gasteiger partial charge in [0.25, 0.3) is 0 Å². The van der Waals surface area contributed by atoms with Crippen LogP contribution >= 0.6 is 0 Å². The Morgan fingerprint density at radius 1 is 0.923 bits per heavy atom. The fourth-order valence-electron chi connectivity index (χ4n) is 4.83. The number of aliphatic imine (C=N–C) groups is 1. The molecule has 0 amide bonds. The zero-order valence-corrected chi connectivity index (χ0v) is 17.1. The van der Waals surface area contributed by atoms with Gasteiger partial charge in [-0.1, -0.05) is 52.4 Å². The van der Waals surface area contributed by atoms with Gasteiger partial charge in [0, 0.05) is 24.2 Å². The van der Waals surface area contributed by atoms with E-state index in [2.05, 4.69) is 4.72 Å². The molecule has 3 aliphatic rings. The Kier molecular flexibility index (Phi) is 6.22. The summed E-state index contributed by atoms with van der Waals surface area (Å²) in [5.74, 6) is -0.181. The normalized spacial score (nSPS) is 30.6. The van der Waals surface area contributed by atoms with Gasteiger partial charge >= 0.3 is 0 Å². The summed E-state index contributed by atoms with van der Waals surface area (Å²) in [6.45, 7) is 4.08. The molecule has 0 aromatic heterocycles. The first kappa shape index (κ1) is 20.0. The highest BCUT2D eigenvalue weighted by atomic mass is 32.2. The van der Waals surface area contributed by atoms with Crippen molar-refractivity contribution < 1.29 is 13.2 Å². The molecule has 0 aromatic carbocycles. The maximum Gasteiger partial charge on any atom is 0.227 e. The van der Waals surface area contributed by atoms with Crippen molar-refractivity contribution in [1.29, 1.82) is 0 Å². The van der Waals surface area contributed by atoms with Crippen molar-refractivity contribution in [2.24, 2.45) is 10.4 Å². The molecule has 0 heterocycles. The molecule has 0 radical (unpaired) electrons. The highest BCUT2D eigenvalue weighted by Gasteiger charge is 2.46. The van der Waals surface area contributed by atoms with E-state index in [0.717, 1.165) is 51.4 Å². The molecule has 0 spiro atoms. The van der Waals surface area contributed by atoms with E-state index in [1.54, 1.807) is 0 Å². The maximum atomic E-state index is 13.1. The number of hydrogen-bond acceptors (Lipinski definition) is 4. The Labute approximate surface area is 158 Å². The number of carbonyl (C=O) groups excluding carboxylic acids is 1. The van der Waals surface area contributed by atoms with Crippen LogP contribution in [0, 0.1) is 5.41 Å². The molecule has 3 fully saturated rings. The van der Waals surface area contributed by atoms with Crippen molar-refractivity contribution in [3.05, 3.63) is 0 Å². The highest BCUT2D eigenvalue weighted by molar-refractivity contribution is 7.91. The smallest absolute Gasteiger partial charge is 0.227 e. The fraction of sp³-hybridized carbons (Fsp3) is 0.900. The molecule has 5 nitrogen and oxygen atoms in total. The van der Waals surface area contributed by atoms with Crippen molar-refractivity contribution in [3.63, 3.8) is 0 Å². The number of nitrogens with zero attached hydrogens (tertiary/aromatic N) is 1. The Balaban J connectivity index is 1.84. The minimum absolute atomic E-state index is 0.0209. The van der Waals surface area contributed by atoms with Gasteiger partial charge in [-0.3, -0.25) is 9.79 Å². The summed E-state index contributed by atoms with van der Waals surface area (Å²) in [5.41, 5.74) is 0.406. The summed E-state index contributed by atoms with van der Waals surface area (Å²) in [7, 11) is -3.71. The van der Waals surface area contributed by atoms with Crippen molar-refractivity contribution in [2.75, 3.05) is 0 Å². The average Bonchev–Trinajstić information content (AvgIpc) is 2.54. The first-order chi connectivity index (χ1) is 12.3. The number of hydrogen-bond donors (Lipinski definition) is 1. The summed E-state index contributed by atoms with van der Waals surface area (Å²) >= 11 is 0. The van der Waals surface area contributed by atoms with Crippen molar-refractivity contribution in [2.45, 2.75) is 108 Å². The van der Waals surface area contributed by atoms with Crippen LogP contribution < -0.4 is 4.72 Å². The van der Waals surface area contributed by atoms with Crippen molar-refractivity contribution in [3.8, 4) is 0 Å². The number of carbonyl (C=O) groups is 1. The molecular weight excluding hydrogens is 348 g/mol. The lowest BCUT2D eigenvalue weighted by atomic mass is 9.75. The maximum absolute atomic E-state index is 13.1. The van der Waals surface area contributed by atoms with E-state index in [0.29, 0.717) is 18.6 Å². The molecule has 3 saturated carbocycles. The van der Waals surface area contributed by atoms with Gasteiger partial charge in [-0.15, -0.1) is 0 Å². The number of rotatable bonds is 4. The van der Waals surface area contributed by atoms with Crippen molar-refractivity contribution >= 4 is 21.5 Å². The average molecular weight is 383 g/mol. The van der Waals surface area contributed by atoms with Gasteiger partial charge in [0.1, 0.15) is 0 Å². The molecule has 0 aromatic rings. The molecular formula is C20H34N2O3S. The lowest BCUT2D eigenvalue weighted by molar-refractivity contribution is -0.120. The van der Waals surface area contributed by atoms with E-state index < -0.39 is 15.3 Å².